The Labute approximate surface area is 107 Å². The van der Waals surface area contributed by atoms with Gasteiger partial charge in [-0.05, 0) is 25.1 Å². The molecule has 0 unspecified atom stereocenters. The van der Waals surface area contributed by atoms with Gasteiger partial charge in [-0.25, -0.2) is 9.36 Å². The lowest BCUT2D eigenvalue weighted by atomic mass is 10.2. The van der Waals surface area contributed by atoms with E-state index in [2.05, 4.69) is 4.98 Å². The van der Waals surface area contributed by atoms with Gasteiger partial charge in [0.05, 0.1) is 11.3 Å². The lowest BCUT2D eigenvalue weighted by Crippen LogP contribution is -2.36. The Morgan fingerprint density at radius 3 is 2.67 bits per heavy atom. The van der Waals surface area contributed by atoms with Gasteiger partial charge in [0.2, 0.25) is 0 Å². The fourth-order valence-electron chi connectivity index (χ4n) is 1.57. The minimum absolute atomic E-state index is 0.0745. The maximum Gasteiger partial charge on any atom is 0.333 e. The number of H-pyrrole nitrogens is 1. The average molecular weight is 265 g/mol. The van der Waals surface area contributed by atoms with Crippen molar-refractivity contribution < 1.29 is 4.79 Å². The van der Waals surface area contributed by atoms with Crippen molar-refractivity contribution in [1.29, 1.82) is 0 Å². The summed E-state index contributed by atoms with van der Waals surface area (Å²) in [5.41, 5.74) is -1.03. The quantitative estimate of drug-likeness (QED) is 0.833. The average Bonchev–Trinajstić information content (AvgIpc) is 2.28. The maximum atomic E-state index is 12.0. The summed E-state index contributed by atoms with van der Waals surface area (Å²) in [5.74, 6) is -0.410. The van der Waals surface area contributed by atoms with E-state index in [0.717, 1.165) is 10.8 Å². The predicted octanol–water partition coefficient (Wildman–Crippen LogP) is 1.38. The Hall–Kier alpha value is -2.14. The molecule has 6 heteroatoms. The third-order valence-corrected chi connectivity index (χ3v) is 2.66. The molecule has 1 aromatic heterocycles. The Morgan fingerprint density at radius 1 is 1.33 bits per heavy atom. The smallest absolute Gasteiger partial charge is 0.313 e. The summed E-state index contributed by atoms with van der Waals surface area (Å²) in [7, 11) is 0. The molecule has 1 N–H and O–H groups in total. The first kappa shape index (κ1) is 12.3. The number of hydrogen-bond acceptors (Lipinski definition) is 3. The van der Waals surface area contributed by atoms with Gasteiger partial charge in [-0.1, -0.05) is 17.7 Å². The standard InChI is InChI=1S/C12H9ClN2O3/c1-7(16)10-6-14-12(18)15(11(10)17)9-4-2-3-8(13)5-9/h2-6H,1H3,(H,14,18). The van der Waals surface area contributed by atoms with E-state index in [1.165, 1.54) is 13.0 Å². The van der Waals surface area contributed by atoms with E-state index in [0.29, 0.717) is 10.7 Å². The van der Waals surface area contributed by atoms with E-state index in [9.17, 15) is 14.4 Å². The van der Waals surface area contributed by atoms with Crippen LogP contribution in [0.4, 0.5) is 0 Å². The molecule has 0 bridgehead atoms. The first-order chi connectivity index (χ1) is 8.50. The Bertz CT molecular complexity index is 731. The third-order valence-electron chi connectivity index (χ3n) is 2.42. The van der Waals surface area contributed by atoms with Crippen LogP contribution in [0.2, 0.25) is 5.02 Å². The summed E-state index contributed by atoms with van der Waals surface area (Å²) in [6.45, 7) is 1.26. The molecule has 0 saturated heterocycles. The second-order valence-electron chi connectivity index (χ2n) is 3.68. The molecule has 2 rings (SSSR count). The van der Waals surface area contributed by atoms with Crippen LogP contribution in [-0.4, -0.2) is 15.3 Å². The van der Waals surface area contributed by atoms with Crippen LogP contribution in [0.25, 0.3) is 5.69 Å². The number of ketones is 1. The molecule has 0 amide bonds. The highest BCUT2D eigenvalue weighted by Crippen LogP contribution is 2.12. The maximum absolute atomic E-state index is 12.0. The molecule has 1 heterocycles. The van der Waals surface area contributed by atoms with E-state index in [1.807, 2.05) is 0 Å². The minimum atomic E-state index is -0.659. The van der Waals surface area contributed by atoms with Crippen molar-refractivity contribution in [2.24, 2.45) is 0 Å². The number of halogens is 1. The first-order valence-electron chi connectivity index (χ1n) is 5.12. The van der Waals surface area contributed by atoms with Crippen molar-refractivity contribution in [3.8, 4) is 5.69 Å². The van der Waals surface area contributed by atoms with E-state index in [4.69, 9.17) is 11.6 Å². The highest BCUT2D eigenvalue weighted by atomic mass is 35.5. The van der Waals surface area contributed by atoms with Crippen molar-refractivity contribution in [3.63, 3.8) is 0 Å². The van der Waals surface area contributed by atoms with Gasteiger partial charge in [-0.2, -0.15) is 0 Å². The van der Waals surface area contributed by atoms with Crippen LogP contribution >= 0.6 is 11.6 Å². The molecule has 0 radical (unpaired) electrons. The molecule has 0 spiro atoms. The van der Waals surface area contributed by atoms with E-state index < -0.39 is 17.0 Å². The van der Waals surface area contributed by atoms with Crippen molar-refractivity contribution in [2.45, 2.75) is 6.92 Å². The Morgan fingerprint density at radius 2 is 2.06 bits per heavy atom. The van der Waals surface area contributed by atoms with E-state index in [1.54, 1.807) is 18.2 Å². The number of nitrogens with one attached hydrogen (secondary N) is 1. The molecule has 2 aromatic rings. The highest BCUT2D eigenvalue weighted by molar-refractivity contribution is 6.30. The van der Waals surface area contributed by atoms with E-state index in [-0.39, 0.29) is 5.56 Å². The number of hydrogen-bond donors (Lipinski definition) is 1. The number of Topliss-reactive ketones (excluding diaryl/α,β-unsaturated/α-hetero) is 1. The van der Waals surface area contributed by atoms with Crippen LogP contribution in [0.15, 0.2) is 40.1 Å². The van der Waals surface area contributed by atoms with Crippen LogP contribution in [-0.2, 0) is 0 Å². The Balaban J connectivity index is 2.79. The zero-order valence-corrected chi connectivity index (χ0v) is 10.2. The lowest BCUT2D eigenvalue weighted by molar-refractivity contribution is 0.101. The fraction of sp³-hybridized carbons (Fsp3) is 0.0833. The number of benzene rings is 1. The van der Waals surface area contributed by atoms with Crippen LogP contribution in [0.5, 0.6) is 0 Å². The number of rotatable bonds is 2. The molecule has 0 atom stereocenters. The van der Waals surface area contributed by atoms with Crippen molar-refractivity contribution in [1.82, 2.24) is 9.55 Å². The molecule has 0 aliphatic heterocycles. The first-order valence-corrected chi connectivity index (χ1v) is 5.50. The monoisotopic (exact) mass is 264 g/mol. The minimum Gasteiger partial charge on any atom is -0.313 e. The molecule has 0 aliphatic rings. The van der Waals surface area contributed by atoms with Crippen molar-refractivity contribution in [3.05, 3.63) is 61.9 Å². The van der Waals surface area contributed by atoms with Crippen LogP contribution < -0.4 is 11.2 Å². The second kappa shape index (κ2) is 4.62. The largest absolute Gasteiger partial charge is 0.333 e. The summed E-state index contributed by atoms with van der Waals surface area (Å²) in [6, 6.07) is 6.28. The van der Waals surface area contributed by atoms with Gasteiger partial charge in [-0.3, -0.25) is 9.59 Å². The molecule has 5 nitrogen and oxygen atoms in total. The number of carbonyl (C=O) groups is 1. The molecular formula is C12H9ClN2O3. The molecule has 0 aliphatic carbocycles. The second-order valence-corrected chi connectivity index (χ2v) is 4.12. The number of aromatic amines is 1. The summed E-state index contributed by atoms with van der Waals surface area (Å²) in [5, 5.41) is 0.395. The van der Waals surface area contributed by atoms with Gasteiger partial charge in [-0.15, -0.1) is 0 Å². The van der Waals surface area contributed by atoms with Gasteiger partial charge in [0, 0.05) is 11.2 Å². The fourth-order valence-corrected chi connectivity index (χ4v) is 1.76. The van der Waals surface area contributed by atoms with Gasteiger partial charge >= 0.3 is 5.69 Å². The molecule has 18 heavy (non-hydrogen) atoms. The van der Waals surface area contributed by atoms with Gasteiger partial charge in [0.15, 0.2) is 5.78 Å². The van der Waals surface area contributed by atoms with Crippen LogP contribution in [0.1, 0.15) is 17.3 Å². The Kier molecular flexibility index (Phi) is 3.16. The highest BCUT2D eigenvalue weighted by Gasteiger charge is 2.12. The number of carbonyl (C=O) groups excluding carboxylic acids is 1. The zero-order valence-electron chi connectivity index (χ0n) is 9.44. The summed E-state index contributed by atoms with van der Waals surface area (Å²) in [6.07, 6.45) is 1.12. The van der Waals surface area contributed by atoms with Crippen LogP contribution in [0, 0.1) is 0 Å². The van der Waals surface area contributed by atoms with Crippen molar-refractivity contribution >= 4 is 17.4 Å². The van der Waals surface area contributed by atoms with Crippen LogP contribution in [0.3, 0.4) is 0 Å². The summed E-state index contributed by atoms with van der Waals surface area (Å²) >= 11 is 5.81. The number of nitrogens with zero attached hydrogens (tertiary/aromatic N) is 1. The molecule has 1 aromatic carbocycles. The third kappa shape index (κ3) is 2.12. The molecule has 92 valence electrons. The molecular weight excluding hydrogens is 256 g/mol. The van der Waals surface area contributed by atoms with Gasteiger partial charge < -0.3 is 4.98 Å². The zero-order chi connectivity index (χ0) is 13.3. The topological polar surface area (TPSA) is 71.9 Å². The molecule has 0 saturated carbocycles. The molecule has 0 fully saturated rings. The number of aromatic nitrogens is 2. The lowest BCUT2D eigenvalue weighted by Gasteiger charge is -2.05. The summed E-state index contributed by atoms with van der Waals surface area (Å²) in [4.78, 5) is 37.3. The van der Waals surface area contributed by atoms with Crippen molar-refractivity contribution in [2.75, 3.05) is 0 Å². The SMILES string of the molecule is CC(=O)c1c[nH]c(=O)n(-c2cccc(Cl)c2)c1=O. The normalized spacial score (nSPS) is 10.3. The van der Waals surface area contributed by atoms with Gasteiger partial charge in [0.25, 0.3) is 5.56 Å². The van der Waals surface area contributed by atoms with Gasteiger partial charge in [0.1, 0.15) is 0 Å². The predicted molar refractivity (Wildman–Crippen MR) is 67.7 cm³/mol. The van der Waals surface area contributed by atoms with E-state index >= 15 is 0 Å². The summed E-state index contributed by atoms with van der Waals surface area (Å²) < 4.78 is 0.878.